The Morgan fingerprint density at radius 2 is 1.78 bits per heavy atom. The molecule has 4 heterocycles. The molecule has 0 aromatic rings. The lowest BCUT2D eigenvalue weighted by molar-refractivity contribution is -0.151. The largest absolute Gasteiger partial charge is 0.457 e. The van der Waals surface area contributed by atoms with Crippen LogP contribution in [0.25, 0.3) is 0 Å². The van der Waals surface area contributed by atoms with Gasteiger partial charge in [0.15, 0.2) is 0 Å². The number of carbonyl (C=O) groups excluding carboxylic acids is 2. The van der Waals surface area contributed by atoms with Crippen molar-refractivity contribution in [1.29, 1.82) is 0 Å². The van der Waals surface area contributed by atoms with Crippen LogP contribution < -0.4 is 0 Å². The number of hydrogen-bond donors (Lipinski definition) is 3. The van der Waals surface area contributed by atoms with E-state index in [1.807, 2.05) is 57.7 Å². The highest BCUT2D eigenvalue weighted by Crippen LogP contribution is 2.37. The molecule has 0 aromatic carbocycles. The number of piperidine rings is 1. The average molecular weight is 704 g/mol. The van der Waals surface area contributed by atoms with E-state index in [0.29, 0.717) is 44.8 Å². The summed E-state index contributed by atoms with van der Waals surface area (Å²) in [6.07, 6.45) is 10.6. The fourth-order valence-electron chi connectivity index (χ4n) is 7.62. The SMILES string of the molecule is CCC(O)C(C)C1OC1CC(C)(O)/C=C/C=C(\C)C1OC(=O)CC(O)CCC(C)C(OC(=O)N2CCN(C3CCN(C)CC3)CC2)/C=C\C1C. The highest BCUT2D eigenvalue weighted by atomic mass is 16.6. The molecule has 0 radical (unpaired) electrons. The van der Waals surface area contributed by atoms with E-state index in [0.717, 1.165) is 31.8 Å². The van der Waals surface area contributed by atoms with Gasteiger partial charge in [0.25, 0.3) is 0 Å². The van der Waals surface area contributed by atoms with E-state index in [-0.39, 0.29) is 42.5 Å². The second-order valence-electron chi connectivity index (χ2n) is 15.8. The van der Waals surface area contributed by atoms with Gasteiger partial charge in [0.1, 0.15) is 12.2 Å². The number of aliphatic hydroxyl groups is 3. The number of rotatable bonds is 10. The molecule has 3 fully saturated rings. The summed E-state index contributed by atoms with van der Waals surface area (Å²) in [6, 6.07) is 0.579. The van der Waals surface area contributed by atoms with Gasteiger partial charge in [0.2, 0.25) is 0 Å². The molecule has 3 N–H and O–H groups in total. The van der Waals surface area contributed by atoms with Crippen LogP contribution in [-0.4, -0.2) is 137 Å². The summed E-state index contributed by atoms with van der Waals surface area (Å²) >= 11 is 0. The molecule has 10 unspecified atom stereocenters. The Labute approximate surface area is 300 Å². The van der Waals surface area contributed by atoms with E-state index >= 15 is 0 Å². The maximum Gasteiger partial charge on any atom is 0.410 e. The van der Waals surface area contributed by atoms with Crippen LogP contribution in [0.15, 0.2) is 36.0 Å². The number of carbonyl (C=O) groups is 2. The highest BCUT2D eigenvalue weighted by Gasteiger charge is 2.47. The Morgan fingerprint density at radius 1 is 1.10 bits per heavy atom. The first-order valence-corrected chi connectivity index (χ1v) is 19.0. The minimum Gasteiger partial charge on any atom is -0.457 e. The number of cyclic esters (lactones) is 1. The van der Waals surface area contributed by atoms with Gasteiger partial charge in [-0.25, -0.2) is 4.79 Å². The van der Waals surface area contributed by atoms with Crippen molar-refractivity contribution in [3.8, 4) is 0 Å². The van der Waals surface area contributed by atoms with Gasteiger partial charge in [-0.15, -0.1) is 0 Å². The van der Waals surface area contributed by atoms with Gasteiger partial charge in [-0.05, 0) is 83.7 Å². The zero-order chi connectivity index (χ0) is 36.6. The van der Waals surface area contributed by atoms with Gasteiger partial charge >= 0.3 is 12.1 Å². The number of allylic oxidation sites excluding steroid dienone is 2. The number of hydrogen-bond acceptors (Lipinski definition) is 10. The Morgan fingerprint density at radius 3 is 2.44 bits per heavy atom. The summed E-state index contributed by atoms with van der Waals surface area (Å²) < 4.78 is 17.8. The number of piperazine rings is 1. The van der Waals surface area contributed by atoms with Crippen LogP contribution in [-0.2, 0) is 19.0 Å². The van der Waals surface area contributed by atoms with E-state index in [1.54, 1.807) is 19.1 Å². The van der Waals surface area contributed by atoms with E-state index in [1.165, 1.54) is 12.8 Å². The third kappa shape index (κ3) is 11.9. The molecule has 1 amide bonds. The number of esters is 1. The van der Waals surface area contributed by atoms with Crippen molar-refractivity contribution in [1.82, 2.24) is 14.7 Å². The van der Waals surface area contributed by atoms with Gasteiger partial charge in [-0.1, -0.05) is 52.0 Å². The molecule has 0 bridgehead atoms. The molecule has 3 saturated heterocycles. The summed E-state index contributed by atoms with van der Waals surface area (Å²) in [6.45, 7) is 16.7. The van der Waals surface area contributed by atoms with Crippen molar-refractivity contribution in [2.24, 2.45) is 17.8 Å². The second kappa shape index (κ2) is 18.5. The molecule has 4 rings (SSSR count). The van der Waals surface area contributed by atoms with Crippen LogP contribution in [0.2, 0.25) is 0 Å². The van der Waals surface area contributed by atoms with Crippen LogP contribution in [0.4, 0.5) is 4.79 Å². The van der Waals surface area contributed by atoms with Crippen LogP contribution in [0, 0.1) is 17.8 Å². The van der Waals surface area contributed by atoms with Crippen molar-refractivity contribution in [2.75, 3.05) is 46.3 Å². The molecule has 4 aliphatic heterocycles. The number of amides is 1. The fourth-order valence-corrected chi connectivity index (χ4v) is 7.62. The smallest absolute Gasteiger partial charge is 0.410 e. The maximum atomic E-state index is 13.4. The Hall–Kier alpha value is -2.28. The fraction of sp³-hybridized carbons (Fsp3) is 0.795. The number of likely N-dealkylation sites (tertiary alicyclic amines) is 1. The molecule has 0 spiro atoms. The van der Waals surface area contributed by atoms with Crippen LogP contribution in [0.3, 0.4) is 0 Å². The zero-order valence-electron chi connectivity index (χ0n) is 31.6. The molecular weight excluding hydrogens is 638 g/mol. The van der Waals surface area contributed by atoms with Crippen LogP contribution >= 0.6 is 0 Å². The van der Waals surface area contributed by atoms with Gasteiger partial charge in [0, 0.05) is 50.5 Å². The number of aliphatic hydroxyl groups excluding tert-OH is 2. The summed E-state index contributed by atoms with van der Waals surface area (Å²) in [7, 11) is 2.17. The topological polar surface area (TPSA) is 136 Å². The van der Waals surface area contributed by atoms with Gasteiger partial charge in [-0.3, -0.25) is 9.69 Å². The third-order valence-electron chi connectivity index (χ3n) is 11.3. The lowest BCUT2D eigenvalue weighted by Crippen LogP contribution is -2.54. The standard InChI is InChI=1S/C39H65N3O8/c1-8-32(44)29(5)37-34(48-37)25-39(6,47)17-9-10-27(3)36-28(4)12-14-33(26(2)11-13-31(43)24-35(45)50-36)49-38(46)42-22-20-41(21-23-42)30-15-18-40(7)19-16-30/h9-10,12,14,17,26,28-34,36-37,43-44,47H,8,11,13,15-16,18-25H2,1-7H3/b14-12-,17-9+,27-10+. The Bertz CT molecular complexity index is 1190. The summed E-state index contributed by atoms with van der Waals surface area (Å²) in [5.74, 6) is -0.773. The second-order valence-corrected chi connectivity index (χ2v) is 15.8. The predicted molar refractivity (Wildman–Crippen MR) is 193 cm³/mol. The normalized spacial score (nSPS) is 34.6. The first kappa shape index (κ1) is 40.5. The van der Waals surface area contributed by atoms with Crippen molar-refractivity contribution in [3.63, 3.8) is 0 Å². The molecule has 11 heteroatoms. The molecule has 284 valence electrons. The first-order chi connectivity index (χ1) is 23.7. The third-order valence-corrected chi connectivity index (χ3v) is 11.3. The summed E-state index contributed by atoms with van der Waals surface area (Å²) in [5, 5.41) is 31.9. The Kier molecular flexibility index (Phi) is 15.0. The van der Waals surface area contributed by atoms with Crippen molar-refractivity contribution >= 4 is 12.1 Å². The molecule has 0 aromatic heterocycles. The van der Waals surface area contributed by atoms with E-state index in [4.69, 9.17) is 14.2 Å². The Balaban J connectivity index is 1.38. The number of ether oxygens (including phenoxy) is 3. The van der Waals surface area contributed by atoms with Crippen molar-refractivity contribution in [2.45, 2.75) is 135 Å². The minimum absolute atomic E-state index is 0.00598. The van der Waals surface area contributed by atoms with E-state index in [2.05, 4.69) is 16.8 Å². The lowest BCUT2D eigenvalue weighted by atomic mass is 9.91. The summed E-state index contributed by atoms with van der Waals surface area (Å²) in [4.78, 5) is 33.0. The molecule has 0 saturated carbocycles. The zero-order valence-corrected chi connectivity index (χ0v) is 31.6. The number of epoxide rings is 1. The monoisotopic (exact) mass is 703 g/mol. The minimum atomic E-state index is -1.13. The maximum absolute atomic E-state index is 13.4. The molecule has 10 atom stereocenters. The molecule has 4 aliphatic rings. The quantitative estimate of drug-likeness (QED) is 0.131. The van der Waals surface area contributed by atoms with Gasteiger partial charge in [0.05, 0.1) is 36.4 Å². The lowest BCUT2D eigenvalue weighted by Gasteiger charge is -2.42. The molecular formula is C39H65N3O8. The van der Waals surface area contributed by atoms with Crippen molar-refractivity contribution in [3.05, 3.63) is 36.0 Å². The molecule has 11 nitrogen and oxygen atoms in total. The predicted octanol–water partition coefficient (Wildman–Crippen LogP) is 4.31. The first-order valence-electron chi connectivity index (χ1n) is 19.0. The highest BCUT2D eigenvalue weighted by molar-refractivity contribution is 5.70. The van der Waals surface area contributed by atoms with Gasteiger partial charge in [-0.2, -0.15) is 0 Å². The van der Waals surface area contributed by atoms with Crippen LogP contribution in [0.5, 0.6) is 0 Å². The molecule has 50 heavy (non-hydrogen) atoms. The molecule has 0 aliphatic carbocycles. The average Bonchev–Trinajstić information content (AvgIpc) is 3.84. The van der Waals surface area contributed by atoms with E-state index < -0.39 is 36.0 Å². The van der Waals surface area contributed by atoms with Crippen molar-refractivity contribution < 1.29 is 39.1 Å². The number of nitrogens with zero attached hydrogens (tertiary/aromatic N) is 3. The summed E-state index contributed by atoms with van der Waals surface area (Å²) in [5.41, 5.74) is -0.350. The van der Waals surface area contributed by atoms with Crippen LogP contribution in [0.1, 0.15) is 86.5 Å². The van der Waals surface area contributed by atoms with E-state index in [9.17, 15) is 24.9 Å². The van der Waals surface area contributed by atoms with Gasteiger partial charge < -0.3 is 39.3 Å².